The van der Waals surface area contributed by atoms with Gasteiger partial charge in [0.2, 0.25) is 10.0 Å². The van der Waals surface area contributed by atoms with E-state index < -0.39 is 38.6 Å². The van der Waals surface area contributed by atoms with Crippen LogP contribution >= 0.6 is 0 Å². The zero-order valence-corrected chi connectivity index (χ0v) is 10.2. The van der Waals surface area contributed by atoms with E-state index in [1.165, 1.54) is 6.92 Å². The van der Waals surface area contributed by atoms with Crippen LogP contribution in [0.1, 0.15) is 13.3 Å². The summed E-state index contributed by atoms with van der Waals surface area (Å²) in [7, 11) is -4.42. The lowest BCUT2D eigenvalue weighted by atomic mass is 10.2. The van der Waals surface area contributed by atoms with Crippen molar-refractivity contribution in [2.45, 2.75) is 24.3 Å². The van der Waals surface area contributed by atoms with Crippen molar-refractivity contribution in [2.75, 3.05) is 0 Å². The van der Waals surface area contributed by atoms with Crippen molar-refractivity contribution < 1.29 is 27.1 Å². The maximum atomic E-state index is 13.3. The summed E-state index contributed by atoms with van der Waals surface area (Å²) in [5, 5.41) is 8.71. The van der Waals surface area contributed by atoms with Crippen molar-refractivity contribution >= 4 is 16.0 Å². The van der Waals surface area contributed by atoms with E-state index in [4.69, 9.17) is 5.11 Å². The fourth-order valence-corrected chi connectivity index (χ4v) is 2.60. The molecule has 5 nitrogen and oxygen atoms in total. The van der Waals surface area contributed by atoms with Gasteiger partial charge in [0.05, 0.1) is 0 Å². The number of nitrogens with one attached hydrogen (secondary N) is 1. The first-order valence-corrected chi connectivity index (χ1v) is 6.46. The molecular formula is C10H11F2NO4S. The number of halogens is 2. The first-order valence-electron chi connectivity index (χ1n) is 4.98. The third-order valence-electron chi connectivity index (χ3n) is 2.19. The minimum atomic E-state index is -4.42. The number of carboxylic acids is 1. The molecule has 1 atom stereocenters. The van der Waals surface area contributed by atoms with Crippen LogP contribution in [0.5, 0.6) is 0 Å². The van der Waals surface area contributed by atoms with Crippen molar-refractivity contribution in [1.82, 2.24) is 4.72 Å². The highest BCUT2D eigenvalue weighted by atomic mass is 32.2. The fraction of sp³-hybridized carbons (Fsp3) is 0.300. The molecule has 0 aromatic heterocycles. The molecule has 0 aliphatic carbocycles. The molecule has 8 heteroatoms. The molecule has 0 saturated carbocycles. The number of hydrogen-bond acceptors (Lipinski definition) is 3. The van der Waals surface area contributed by atoms with Crippen LogP contribution in [0.4, 0.5) is 8.78 Å². The van der Waals surface area contributed by atoms with Gasteiger partial charge < -0.3 is 5.11 Å². The van der Waals surface area contributed by atoms with Crippen LogP contribution in [0.25, 0.3) is 0 Å². The lowest BCUT2D eigenvalue weighted by Crippen LogP contribution is -2.40. The smallest absolute Gasteiger partial charge is 0.321 e. The summed E-state index contributed by atoms with van der Waals surface area (Å²) in [5.41, 5.74) is 0. The molecule has 100 valence electrons. The average molecular weight is 279 g/mol. The van der Waals surface area contributed by atoms with Crippen molar-refractivity contribution in [2.24, 2.45) is 0 Å². The van der Waals surface area contributed by atoms with Crippen LogP contribution < -0.4 is 4.72 Å². The van der Waals surface area contributed by atoms with Gasteiger partial charge in [-0.1, -0.05) is 6.92 Å². The highest BCUT2D eigenvalue weighted by Crippen LogP contribution is 2.16. The Morgan fingerprint density at radius 3 is 2.56 bits per heavy atom. The van der Waals surface area contributed by atoms with E-state index in [1.807, 2.05) is 0 Å². The predicted octanol–water partition coefficient (Wildman–Crippen LogP) is 1.11. The summed E-state index contributed by atoms with van der Waals surface area (Å²) >= 11 is 0. The molecule has 2 N–H and O–H groups in total. The van der Waals surface area contributed by atoms with Gasteiger partial charge in [-0.2, -0.15) is 4.72 Å². The maximum absolute atomic E-state index is 13.3. The number of aliphatic carboxylic acids is 1. The lowest BCUT2D eigenvalue weighted by Gasteiger charge is -2.13. The quantitative estimate of drug-likeness (QED) is 0.845. The molecule has 0 spiro atoms. The summed E-state index contributed by atoms with van der Waals surface area (Å²) in [4.78, 5) is 9.78. The molecule has 0 amide bonds. The molecule has 0 radical (unpaired) electrons. The van der Waals surface area contributed by atoms with Gasteiger partial charge in [0.1, 0.15) is 22.6 Å². The van der Waals surface area contributed by atoms with Gasteiger partial charge in [0, 0.05) is 0 Å². The second-order valence-corrected chi connectivity index (χ2v) is 5.18. The zero-order valence-electron chi connectivity index (χ0n) is 9.35. The summed E-state index contributed by atoms with van der Waals surface area (Å²) in [6.07, 6.45) is -0.0223. The van der Waals surface area contributed by atoms with E-state index in [1.54, 1.807) is 4.72 Å². The Morgan fingerprint density at radius 2 is 2.06 bits per heavy atom. The van der Waals surface area contributed by atoms with Crippen LogP contribution in [0.15, 0.2) is 23.1 Å². The number of hydrogen-bond donors (Lipinski definition) is 2. The molecule has 1 rings (SSSR count). The zero-order chi connectivity index (χ0) is 13.9. The number of carbonyl (C=O) groups is 1. The van der Waals surface area contributed by atoms with E-state index in [0.29, 0.717) is 12.1 Å². The van der Waals surface area contributed by atoms with Crippen molar-refractivity contribution in [3.8, 4) is 0 Å². The highest BCUT2D eigenvalue weighted by Gasteiger charge is 2.26. The third kappa shape index (κ3) is 3.23. The normalized spacial score (nSPS) is 13.3. The van der Waals surface area contributed by atoms with Crippen LogP contribution in [0.3, 0.4) is 0 Å². The molecule has 1 aromatic carbocycles. The number of sulfonamides is 1. The van der Waals surface area contributed by atoms with Gasteiger partial charge >= 0.3 is 5.97 Å². The van der Waals surface area contributed by atoms with E-state index >= 15 is 0 Å². The summed E-state index contributed by atoms with van der Waals surface area (Å²) < 4.78 is 51.4. The van der Waals surface area contributed by atoms with Gasteiger partial charge in [-0.3, -0.25) is 4.79 Å². The Kier molecular flexibility index (Phi) is 4.36. The second kappa shape index (κ2) is 5.40. The maximum Gasteiger partial charge on any atom is 0.321 e. The standard InChI is InChI=1S/C10H11F2NO4S/c1-2-8(10(14)15)13-18(16,17)9-5-6(11)3-4-7(9)12/h3-5,8,13H,2H2,1H3,(H,14,15)/t8-/m0/s1. The number of rotatable bonds is 5. The van der Waals surface area contributed by atoms with Crippen LogP contribution in [-0.2, 0) is 14.8 Å². The topological polar surface area (TPSA) is 83.5 Å². The third-order valence-corrected chi connectivity index (χ3v) is 3.67. The average Bonchev–Trinajstić information content (AvgIpc) is 2.28. The summed E-state index contributed by atoms with van der Waals surface area (Å²) in [5.74, 6) is -3.47. The molecule has 0 aliphatic rings. The molecule has 0 aliphatic heterocycles. The molecule has 1 aromatic rings. The highest BCUT2D eigenvalue weighted by molar-refractivity contribution is 7.89. The fourth-order valence-electron chi connectivity index (χ4n) is 1.24. The van der Waals surface area contributed by atoms with E-state index in [9.17, 15) is 22.0 Å². The van der Waals surface area contributed by atoms with E-state index in [2.05, 4.69) is 0 Å². The summed E-state index contributed by atoms with van der Waals surface area (Å²) in [6.45, 7) is 1.45. The first kappa shape index (κ1) is 14.5. The Morgan fingerprint density at radius 1 is 1.44 bits per heavy atom. The molecule has 0 fully saturated rings. The Labute approximate surface area is 102 Å². The minimum absolute atomic E-state index is 0.0223. The summed E-state index contributed by atoms with van der Waals surface area (Å²) in [6, 6.07) is 0.526. The minimum Gasteiger partial charge on any atom is -0.480 e. The van der Waals surface area contributed by atoms with Gasteiger partial charge in [-0.25, -0.2) is 17.2 Å². The molecule has 0 heterocycles. The van der Waals surface area contributed by atoms with Gasteiger partial charge in [-0.05, 0) is 24.6 Å². The van der Waals surface area contributed by atoms with Crippen molar-refractivity contribution in [3.63, 3.8) is 0 Å². The first-order chi connectivity index (χ1) is 8.27. The Hall–Kier alpha value is -1.54. The van der Waals surface area contributed by atoms with Crippen molar-refractivity contribution in [3.05, 3.63) is 29.8 Å². The van der Waals surface area contributed by atoms with E-state index in [0.717, 1.165) is 6.07 Å². The Bertz CT molecular complexity index is 559. The van der Waals surface area contributed by atoms with Gasteiger partial charge in [-0.15, -0.1) is 0 Å². The van der Waals surface area contributed by atoms with Crippen LogP contribution in [0.2, 0.25) is 0 Å². The predicted molar refractivity (Wildman–Crippen MR) is 58.4 cm³/mol. The number of benzene rings is 1. The van der Waals surface area contributed by atoms with Gasteiger partial charge in [0.15, 0.2) is 0 Å². The molecule has 0 bridgehead atoms. The molecular weight excluding hydrogens is 268 g/mol. The monoisotopic (exact) mass is 279 g/mol. The van der Waals surface area contributed by atoms with Crippen LogP contribution in [0, 0.1) is 11.6 Å². The molecule has 0 unspecified atom stereocenters. The van der Waals surface area contributed by atoms with E-state index in [-0.39, 0.29) is 6.42 Å². The number of carboxylic acid groups (broad SMARTS) is 1. The largest absolute Gasteiger partial charge is 0.480 e. The van der Waals surface area contributed by atoms with Gasteiger partial charge in [0.25, 0.3) is 0 Å². The molecule has 0 saturated heterocycles. The Balaban J connectivity index is 3.14. The molecule has 18 heavy (non-hydrogen) atoms. The van der Waals surface area contributed by atoms with Crippen molar-refractivity contribution in [1.29, 1.82) is 0 Å². The van der Waals surface area contributed by atoms with Crippen LogP contribution in [-0.4, -0.2) is 25.5 Å². The lowest BCUT2D eigenvalue weighted by molar-refractivity contribution is -0.139. The SMILES string of the molecule is CC[C@H](NS(=O)(=O)c1cc(F)ccc1F)C(=O)O. The second-order valence-electron chi connectivity index (χ2n) is 3.50.